The molecule has 0 bridgehead atoms. The summed E-state index contributed by atoms with van der Waals surface area (Å²) in [7, 11) is 0. The minimum Gasteiger partial charge on any atom is -0.444 e. The first-order valence-corrected chi connectivity index (χ1v) is 6.05. The van der Waals surface area contributed by atoms with Crippen molar-refractivity contribution in [2.45, 2.75) is 51.9 Å². The van der Waals surface area contributed by atoms with Gasteiger partial charge in [-0.15, -0.1) is 0 Å². The molecule has 0 aromatic heterocycles. The maximum atomic E-state index is 12.0. The molecule has 5 heteroatoms. The minimum atomic E-state index is -0.485. The topological polar surface area (TPSA) is 59.0 Å². The van der Waals surface area contributed by atoms with E-state index in [4.69, 9.17) is 14.6 Å². The Kier molecular flexibility index (Phi) is 4.77. The summed E-state index contributed by atoms with van der Waals surface area (Å²) < 4.78 is 10.9. The number of hydrogen-bond acceptors (Lipinski definition) is 4. The maximum absolute atomic E-state index is 12.0. The molecule has 1 rings (SSSR count). The lowest BCUT2D eigenvalue weighted by molar-refractivity contribution is -0.0712. The SMILES string of the molecule is C[C@@H]1CO[C@@H](CCO)CN1C(=O)OC(C)(C)C. The molecule has 17 heavy (non-hydrogen) atoms. The second-order valence-corrected chi connectivity index (χ2v) is 5.45. The first-order chi connectivity index (χ1) is 7.83. The second kappa shape index (κ2) is 5.69. The van der Waals surface area contributed by atoms with Gasteiger partial charge in [-0.25, -0.2) is 4.79 Å². The van der Waals surface area contributed by atoms with Crippen LogP contribution in [0.2, 0.25) is 0 Å². The first kappa shape index (κ1) is 14.3. The summed E-state index contributed by atoms with van der Waals surface area (Å²) in [4.78, 5) is 13.6. The molecule has 0 aromatic rings. The smallest absolute Gasteiger partial charge is 0.410 e. The molecule has 0 aliphatic carbocycles. The van der Waals surface area contributed by atoms with E-state index in [1.54, 1.807) is 4.90 Å². The number of morpholine rings is 1. The molecule has 0 saturated carbocycles. The van der Waals surface area contributed by atoms with E-state index >= 15 is 0 Å². The van der Waals surface area contributed by atoms with Crippen LogP contribution in [0, 0.1) is 0 Å². The Labute approximate surface area is 103 Å². The molecule has 0 unspecified atom stereocenters. The molecule has 0 spiro atoms. The monoisotopic (exact) mass is 245 g/mol. The predicted octanol–water partition coefficient (Wildman–Crippen LogP) is 1.39. The van der Waals surface area contributed by atoms with Gasteiger partial charge in [0.1, 0.15) is 5.60 Å². The lowest BCUT2D eigenvalue weighted by Crippen LogP contribution is -2.52. The Morgan fingerprint density at radius 3 is 2.71 bits per heavy atom. The molecule has 1 N–H and O–H groups in total. The van der Waals surface area contributed by atoms with Crippen LogP contribution in [0.4, 0.5) is 4.79 Å². The van der Waals surface area contributed by atoms with E-state index in [1.165, 1.54) is 0 Å². The quantitative estimate of drug-likeness (QED) is 0.798. The average molecular weight is 245 g/mol. The summed E-state index contributed by atoms with van der Waals surface area (Å²) in [6, 6.07) is 0.0137. The zero-order chi connectivity index (χ0) is 13.1. The van der Waals surface area contributed by atoms with Crippen LogP contribution < -0.4 is 0 Å². The van der Waals surface area contributed by atoms with Crippen molar-refractivity contribution in [3.05, 3.63) is 0 Å². The highest BCUT2D eigenvalue weighted by molar-refractivity contribution is 5.68. The first-order valence-electron chi connectivity index (χ1n) is 6.05. The van der Waals surface area contributed by atoms with E-state index in [-0.39, 0.29) is 24.8 Å². The molecule has 1 aliphatic rings. The number of carbonyl (C=O) groups is 1. The van der Waals surface area contributed by atoms with Crippen LogP contribution in [-0.2, 0) is 9.47 Å². The van der Waals surface area contributed by atoms with Crippen molar-refractivity contribution in [2.24, 2.45) is 0 Å². The van der Waals surface area contributed by atoms with E-state index in [1.807, 2.05) is 27.7 Å². The van der Waals surface area contributed by atoms with E-state index in [0.29, 0.717) is 19.6 Å². The number of ether oxygens (including phenoxy) is 2. The van der Waals surface area contributed by atoms with Crippen molar-refractivity contribution in [2.75, 3.05) is 19.8 Å². The number of rotatable bonds is 2. The lowest BCUT2D eigenvalue weighted by atomic mass is 10.1. The molecule has 1 saturated heterocycles. The van der Waals surface area contributed by atoms with Crippen LogP contribution in [0.1, 0.15) is 34.1 Å². The summed E-state index contributed by atoms with van der Waals surface area (Å²) in [5.41, 5.74) is -0.485. The summed E-state index contributed by atoms with van der Waals surface area (Å²) >= 11 is 0. The Hall–Kier alpha value is -0.810. The van der Waals surface area contributed by atoms with Gasteiger partial charge in [-0.2, -0.15) is 0 Å². The second-order valence-electron chi connectivity index (χ2n) is 5.45. The summed E-state index contributed by atoms with van der Waals surface area (Å²) in [5, 5.41) is 8.88. The van der Waals surface area contributed by atoms with Crippen LogP contribution in [-0.4, -0.2) is 53.6 Å². The van der Waals surface area contributed by atoms with Gasteiger partial charge < -0.3 is 19.5 Å². The largest absolute Gasteiger partial charge is 0.444 e. The van der Waals surface area contributed by atoms with Crippen molar-refractivity contribution < 1.29 is 19.4 Å². The zero-order valence-electron chi connectivity index (χ0n) is 11.1. The standard InChI is InChI=1S/C12H23NO4/c1-9-8-16-10(5-6-14)7-13(9)11(15)17-12(2,3)4/h9-10,14H,5-8H2,1-4H3/t9-,10+/m1/s1. The fourth-order valence-corrected chi connectivity index (χ4v) is 1.71. The van der Waals surface area contributed by atoms with Crippen molar-refractivity contribution in [1.82, 2.24) is 4.90 Å². The van der Waals surface area contributed by atoms with E-state index in [9.17, 15) is 4.79 Å². The third-order valence-corrected chi connectivity index (χ3v) is 2.58. The Bertz CT molecular complexity index is 262. The summed E-state index contributed by atoms with van der Waals surface area (Å²) in [6.07, 6.45) is 0.145. The summed E-state index contributed by atoms with van der Waals surface area (Å²) in [5.74, 6) is 0. The van der Waals surface area contributed by atoms with Gasteiger partial charge in [0.15, 0.2) is 0 Å². The molecular weight excluding hydrogens is 222 g/mol. The van der Waals surface area contributed by atoms with Crippen molar-refractivity contribution in [3.63, 3.8) is 0 Å². The molecule has 0 radical (unpaired) electrons. The third kappa shape index (κ3) is 4.52. The van der Waals surface area contributed by atoms with E-state index in [0.717, 1.165) is 0 Å². The van der Waals surface area contributed by atoms with Crippen molar-refractivity contribution in [1.29, 1.82) is 0 Å². The van der Waals surface area contributed by atoms with Gasteiger partial charge in [0.25, 0.3) is 0 Å². The molecule has 2 atom stereocenters. The molecular formula is C12H23NO4. The zero-order valence-corrected chi connectivity index (χ0v) is 11.1. The van der Waals surface area contributed by atoms with Gasteiger partial charge in [-0.3, -0.25) is 0 Å². The van der Waals surface area contributed by atoms with Gasteiger partial charge >= 0.3 is 6.09 Å². The van der Waals surface area contributed by atoms with Crippen LogP contribution in [0.5, 0.6) is 0 Å². The maximum Gasteiger partial charge on any atom is 0.410 e. The number of nitrogens with zero attached hydrogens (tertiary/aromatic N) is 1. The highest BCUT2D eigenvalue weighted by Gasteiger charge is 2.32. The number of hydrogen-bond donors (Lipinski definition) is 1. The van der Waals surface area contributed by atoms with Crippen LogP contribution in [0.3, 0.4) is 0 Å². The van der Waals surface area contributed by atoms with Crippen LogP contribution >= 0.6 is 0 Å². The summed E-state index contributed by atoms with van der Waals surface area (Å²) in [6.45, 7) is 8.52. The fraction of sp³-hybridized carbons (Fsp3) is 0.917. The van der Waals surface area contributed by atoms with Gasteiger partial charge in [-0.05, 0) is 34.1 Å². The van der Waals surface area contributed by atoms with Crippen molar-refractivity contribution >= 4 is 6.09 Å². The normalized spacial score (nSPS) is 25.8. The van der Waals surface area contributed by atoms with Gasteiger partial charge in [0.2, 0.25) is 0 Å². The van der Waals surface area contributed by atoms with Gasteiger partial charge in [0.05, 0.1) is 25.3 Å². The third-order valence-electron chi connectivity index (χ3n) is 2.58. The Balaban J connectivity index is 2.57. The number of aliphatic hydroxyl groups is 1. The van der Waals surface area contributed by atoms with Crippen molar-refractivity contribution in [3.8, 4) is 0 Å². The highest BCUT2D eigenvalue weighted by Crippen LogP contribution is 2.18. The molecule has 5 nitrogen and oxygen atoms in total. The number of aliphatic hydroxyl groups excluding tert-OH is 1. The average Bonchev–Trinajstić information content (AvgIpc) is 2.18. The molecule has 1 aliphatic heterocycles. The molecule has 0 aromatic carbocycles. The Morgan fingerprint density at radius 2 is 2.18 bits per heavy atom. The fourth-order valence-electron chi connectivity index (χ4n) is 1.71. The molecule has 1 amide bonds. The van der Waals surface area contributed by atoms with E-state index < -0.39 is 5.60 Å². The van der Waals surface area contributed by atoms with Gasteiger partial charge in [-0.1, -0.05) is 0 Å². The predicted molar refractivity (Wildman–Crippen MR) is 63.8 cm³/mol. The van der Waals surface area contributed by atoms with Crippen LogP contribution in [0.25, 0.3) is 0 Å². The number of amides is 1. The minimum absolute atomic E-state index is 0.0137. The lowest BCUT2D eigenvalue weighted by Gasteiger charge is -2.38. The van der Waals surface area contributed by atoms with Crippen LogP contribution in [0.15, 0.2) is 0 Å². The molecule has 100 valence electrons. The Morgan fingerprint density at radius 1 is 1.53 bits per heavy atom. The molecule has 1 heterocycles. The highest BCUT2D eigenvalue weighted by atomic mass is 16.6. The number of carbonyl (C=O) groups excluding carboxylic acids is 1. The van der Waals surface area contributed by atoms with Gasteiger partial charge in [0, 0.05) is 6.61 Å². The molecule has 1 fully saturated rings. The van der Waals surface area contributed by atoms with E-state index in [2.05, 4.69) is 0 Å².